The zero-order chi connectivity index (χ0) is 24.0. The van der Waals surface area contributed by atoms with E-state index in [4.69, 9.17) is 5.73 Å². The number of carbonyl (C=O) groups is 2. The Hall–Kier alpha value is -2.39. The number of carbonyl (C=O) groups excluding carboxylic acids is 2. The van der Waals surface area contributed by atoms with Crippen molar-refractivity contribution in [3.8, 4) is 6.07 Å². The number of amides is 2. The first-order valence-corrected chi connectivity index (χ1v) is 13.3. The van der Waals surface area contributed by atoms with Crippen LogP contribution in [0, 0.1) is 16.7 Å². The van der Waals surface area contributed by atoms with Gasteiger partial charge >= 0.3 is 0 Å². The first-order valence-electron chi connectivity index (χ1n) is 13.3. The Labute approximate surface area is 204 Å². The molecule has 0 radical (unpaired) electrons. The molecule has 6 nitrogen and oxygen atoms in total. The smallest absolute Gasteiger partial charge is 0.223 e. The van der Waals surface area contributed by atoms with Crippen LogP contribution in [0.1, 0.15) is 95.0 Å². The Morgan fingerprint density at radius 1 is 1.00 bits per heavy atom. The molecular formula is C28H40N4O2. The average Bonchev–Trinajstić information content (AvgIpc) is 2.89. The average molecular weight is 465 g/mol. The number of nitrogens with one attached hydrogen (secondary N) is 1. The maximum Gasteiger partial charge on any atom is 0.223 e. The fourth-order valence-electron chi connectivity index (χ4n) is 6.67. The summed E-state index contributed by atoms with van der Waals surface area (Å²) in [7, 11) is 0. The van der Waals surface area contributed by atoms with Crippen LogP contribution in [0.25, 0.3) is 0 Å². The molecule has 1 aromatic rings. The summed E-state index contributed by atoms with van der Waals surface area (Å²) >= 11 is 0. The number of nitrogens with two attached hydrogens (primary N) is 1. The van der Waals surface area contributed by atoms with Gasteiger partial charge in [-0.2, -0.15) is 5.26 Å². The molecule has 2 unspecified atom stereocenters. The topological polar surface area (TPSA) is 99.2 Å². The molecular weight excluding hydrogens is 424 g/mol. The largest absolute Gasteiger partial charge is 0.369 e. The van der Waals surface area contributed by atoms with Crippen molar-refractivity contribution in [3.63, 3.8) is 0 Å². The van der Waals surface area contributed by atoms with E-state index in [0.717, 1.165) is 45.2 Å². The highest BCUT2D eigenvalue weighted by atomic mass is 16.2. The van der Waals surface area contributed by atoms with Gasteiger partial charge < -0.3 is 11.1 Å². The minimum Gasteiger partial charge on any atom is -0.369 e. The predicted octanol–water partition coefficient (Wildman–Crippen LogP) is 4.40. The molecule has 34 heavy (non-hydrogen) atoms. The zero-order valence-electron chi connectivity index (χ0n) is 20.4. The summed E-state index contributed by atoms with van der Waals surface area (Å²) in [6.45, 7) is 1.65. The lowest BCUT2D eigenvalue weighted by atomic mass is 9.70. The van der Waals surface area contributed by atoms with Gasteiger partial charge in [0.05, 0.1) is 6.07 Å². The maximum atomic E-state index is 12.9. The van der Waals surface area contributed by atoms with E-state index in [-0.39, 0.29) is 18.2 Å². The molecule has 1 aromatic carbocycles. The minimum absolute atomic E-state index is 0.124. The van der Waals surface area contributed by atoms with Crippen LogP contribution < -0.4 is 11.1 Å². The Morgan fingerprint density at radius 2 is 1.68 bits per heavy atom. The number of piperidine rings is 1. The SMILES string of the molecule is N#CC1(NC(=O)CCC2(C(N)=O)CCCCC2)CCN(C2CCCCC2c2ccccc2)CC1. The summed E-state index contributed by atoms with van der Waals surface area (Å²) < 4.78 is 0. The van der Waals surface area contributed by atoms with Crippen LogP contribution in [0.2, 0.25) is 0 Å². The van der Waals surface area contributed by atoms with E-state index < -0.39 is 11.0 Å². The minimum atomic E-state index is -0.809. The fraction of sp³-hybridized carbons (Fsp3) is 0.679. The number of nitrogens with zero attached hydrogens (tertiary/aromatic N) is 2. The molecule has 3 aliphatic rings. The zero-order valence-corrected chi connectivity index (χ0v) is 20.4. The molecule has 0 spiro atoms. The fourth-order valence-corrected chi connectivity index (χ4v) is 6.67. The molecule has 2 saturated carbocycles. The van der Waals surface area contributed by atoms with Crippen LogP contribution in [-0.2, 0) is 9.59 Å². The van der Waals surface area contributed by atoms with Crippen molar-refractivity contribution in [1.29, 1.82) is 5.26 Å². The Morgan fingerprint density at radius 3 is 2.32 bits per heavy atom. The Kier molecular flexibility index (Phi) is 7.93. The van der Waals surface area contributed by atoms with Crippen LogP contribution >= 0.6 is 0 Å². The van der Waals surface area contributed by atoms with E-state index in [1.165, 1.54) is 31.2 Å². The summed E-state index contributed by atoms with van der Waals surface area (Å²) in [5.41, 5.74) is 5.80. The second-order valence-electron chi connectivity index (χ2n) is 10.9. The normalized spacial score (nSPS) is 26.8. The van der Waals surface area contributed by atoms with Crippen molar-refractivity contribution in [3.05, 3.63) is 35.9 Å². The van der Waals surface area contributed by atoms with E-state index in [1.54, 1.807) is 0 Å². The van der Waals surface area contributed by atoms with Gasteiger partial charge in [0.1, 0.15) is 5.54 Å². The van der Waals surface area contributed by atoms with Crippen LogP contribution in [0.5, 0.6) is 0 Å². The molecule has 4 rings (SSSR count). The van der Waals surface area contributed by atoms with Gasteiger partial charge in [0.2, 0.25) is 11.8 Å². The summed E-state index contributed by atoms with van der Waals surface area (Å²) in [5, 5.41) is 13.1. The number of nitriles is 1. The number of rotatable bonds is 7. The number of benzene rings is 1. The lowest BCUT2D eigenvalue weighted by Crippen LogP contribution is -2.57. The third kappa shape index (κ3) is 5.46. The van der Waals surface area contributed by atoms with Crippen molar-refractivity contribution >= 4 is 11.8 Å². The van der Waals surface area contributed by atoms with Crippen molar-refractivity contribution in [1.82, 2.24) is 10.2 Å². The van der Waals surface area contributed by atoms with Gasteiger partial charge in [-0.3, -0.25) is 14.5 Å². The lowest BCUT2D eigenvalue weighted by molar-refractivity contribution is -0.131. The second kappa shape index (κ2) is 10.9. The van der Waals surface area contributed by atoms with Gasteiger partial charge in [0.25, 0.3) is 0 Å². The number of primary amides is 1. The molecule has 0 aromatic heterocycles. The summed E-state index contributed by atoms with van der Waals surface area (Å²) in [6.07, 6.45) is 11.6. The first-order chi connectivity index (χ1) is 16.5. The van der Waals surface area contributed by atoms with Crippen LogP contribution in [0.4, 0.5) is 0 Å². The molecule has 2 aliphatic carbocycles. The summed E-state index contributed by atoms with van der Waals surface area (Å²) in [5.74, 6) is 0.143. The van der Waals surface area contributed by atoms with E-state index in [0.29, 0.717) is 31.2 Å². The van der Waals surface area contributed by atoms with E-state index in [2.05, 4.69) is 46.6 Å². The summed E-state index contributed by atoms with van der Waals surface area (Å²) in [4.78, 5) is 27.6. The lowest BCUT2D eigenvalue weighted by Gasteiger charge is -2.45. The molecule has 6 heteroatoms. The molecule has 3 fully saturated rings. The van der Waals surface area contributed by atoms with Gasteiger partial charge in [-0.15, -0.1) is 0 Å². The molecule has 2 atom stereocenters. The molecule has 0 bridgehead atoms. The van der Waals surface area contributed by atoms with Crippen molar-refractivity contribution in [2.75, 3.05) is 13.1 Å². The quantitative estimate of drug-likeness (QED) is 0.624. The Balaban J connectivity index is 1.34. The number of hydrogen-bond donors (Lipinski definition) is 2. The highest BCUT2D eigenvalue weighted by Gasteiger charge is 2.42. The number of likely N-dealkylation sites (tertiary alicyclic amines) is 1. The van der Waals surface area contributed by atoms with Gasteiger partial charge in [0, 0.05) is 31.0 Å². The van der Waals surface area contributed by atoms with Gasteiger partial charge in [-0.1, -0.05) is 62.4 Å². The van der Waals surface area contributed by atoms with E-state index in [1.807, 2.05) is 0 Å². The first kappa shape index (κ1) is 24.7. The standard InChI is InChI=1S/C28H40N4O2/c29-21-28(31-25(33)13-16-27(26(30)34)14-7-2-8-15-27)17-19-32(20-18-28)24-12-6-5-11-23(24)22-9-3-1-4-10-22/h1,3-4,9-10,23-24H,2,5-8,11-20H2,(H2,30,34)(H,31,33). The molecule has 3 N–H and O–H groups in total. The predicted molar refractivity (Wildman–Crippen MR) is 133 cm³/mol. The maximum absolute atomic E-state index is 12.9. The molecule has 184 valence electrons. The van der Waals surface area contributed by atoms with Gasteiger partial charge in [0.15, 0.2) is 0 Å². The van der Waals surface area contributed by atoms with Crippen molar-refractivity contribution in [2.45, 2.75) is 101 Å². The molecule has 1 aliphatic heterocycles. The van der Waals surface area contributed by atoms with Gasteiger partial charge in [-0.25, -0.2) is 0 Å². The van der Waals surface area contributed by atoms with Crippen LogP contribution in [0.15, 0.2) is 30.3 Å². The monoisotopic (exact) mass is 464 g/mol. The highest BCUT2D eigenvalue weighted by Crippen LogP contribution is 2.41. The highest BCUT2D eigenvalue weighted by molar-refractivity contribution is 5.83. The molecule has 1 heterocycles. The van der Waals surface area contributed by atoms with Gasteiger partial charge in [-0.05, 0) is 56.4 Å². The van der Waals surface area contributed by atoms with E-state index in [9.17, 15) is 14.9 Å². The third-order valence-electron chi connectivity index (χ3n) is 8.83. The van der Waals surface area contributed by atoms with Crippen LogP contribution in [-0.4, -0.2) is 41.4 Å². The Bertz CT molecular complexity index is 879. The third-order valence-corrected chi connectivity index (χ3v) is 8.83. The van der Waals surface area contributed by atoms with Crippen molar-refractivity contribution in [2.24, 2.45) is 11.1 Å². The van der Waals surface area contributed by atoms with Crippen LogP contribution in [0.3, 0.4) is 0 Å². The van der Waals surface area contributed by atoms with E-state index >= 15 is 0 Å². The molecule has 2 amide bonds. The molecule has 1 saturated heterocycles. The summed E-state index contributed by atoms with van der Waals surface area (Å²) in [6, 6.07) is 13.8. The number of hydrogen-bond acceptors (Lipinski definition) is 4. The van der Waals surface area contributed by atoms with Crippen molar-refractivity contribution < 1.29 is 9.59 Å². The second-order valence-corrected chi connectivity index (χ2v) is 10.9.